The summed E-state index contributed by atoms with van der Waals surface area (Å²) in [7, 11) is 0. The van der Waals surface area contributed by atoms with E-state index in [1.807, 2.05) is 0 Å². The molecule has 1 rings (SSSR count). The number of anilines is 1. The SMILES string of the molecule is CC(=O)c1c(F)cccc1NCC(C)O. The fourth-order valence-electron chi connectivity index (χ4n) is 1.29. The van der Waals surface area contributed by atoms with Crippen LogP contribution in [0.1, 0.15) is 24.2 Å². The van der Waals surface area contributed by atoms with E-state index in [0.29, 0.717) is 5.69 Å². The summed E-state index contributed by atoms with van der Waals surface area (Å²) in [5.41, 5.74) is 0.460. The minimum Gasteiger partial charge on any atom is -0.392 e. The number of carbonyl (C=O) groups is 1. The normalized spacial score (nSPS) is 12.3. The summed E-state index contributed by atoms with van der Waals surface area (Å²) >= 11 is 0. The fourth-order valence-corrected chi connectivity index (χ4v) is 1.29. The van der Waals surface area contributed by atoms with Crippen molar-refractivity contribution in [2.45, 2.75) is 20.0 Å². The van der Waals surface area contributed by atoms with E-state index in [0.717, 1.165) is 0 Å². The summed E-state index contributed by atoms with van der Waals surface area (Å²) in [4.78, 5) is 11.2. The van der Waals surface area contributed by atoms with Crippen LogP contribution in [0.25, 0.3) is 0 Å². The van der Waals surface area contributed by atoms with Gasteiger partial charge in [-0.2, -0.15) is 0 Å². The molecule has 1 aromatic rings. The summed E-state index contributed by atoms with van der Waals surface area (Å²) in [6.07, 6.45) is -0.548. The van der Waals surface area contributed by atoms with Gasteiger partial charge >= 0.3 is 0 Å². The van der Waals surface area contributed by atoms with Gasteiger partial charge in [-0.25, -0.2) is 4.39 Å². The lowest BCUT2D eigenvalue weighted by atomic mass is 10.1. The van der Waals surface area contributed by atoms with Crippen molar-refractivity contribution in [3.05, 3.63) is 29.6 Å². The number of hydrogen-bond donors (Lipinski definition) is 2. The van der Waals surface area contributed by atoms with Crippen LogP contribution >= 0.6 is 0 Å². The summed E-state index contributed by atoms with van der Waals surface area (Å²) in [5, 5.41) is 11.9. The molecular formula is C11H14FNO2. The largest absolute Gasteiger partial charge is 0.392 e. The highest BCUT2D eigenvalue weighted by atomic mass is 19.1. The zero-order chi connectivity index (χ0) is 11.4. The highest BCUT2D eigenvalue weighted by molar-refractivity contribution is 5.99. The van der Waals surface area contributed by atoms with Gasteiger partial charge in [0.15, 0.2) is 5.78 Å². The van der Waals surface area contributed by atoms with Crippen molar-refractivity contribution >= 4 is 11.5 Å². The lowest BCUT2D eigenvalue weighted by molar-refractivity contribution is 0.101. The highest BCUT2D eigenvalue weighted by Crippen LogP contribution is 2.19. The zero-order valence-electron chi connectivity index (χ0n) is 8.75. The lowest BCUT2D eigenvalue weighted by Crippen LogP contribution is -2.17. The van der Waals surface area contributed by atoms with Crippen LogP contribution in [0.3, 0.4) is 0 Å². The Morgan fingerprint density at radius 2 is 2.27 bits per heavy atom. The van der Waals surface area contributed by atoms with E-state index in [-0.39, 0.29) is 17.9 Å². The number of carbonyl (C=O) groups excluding carboxylic acids is 1. The predicted molar refractivity (Wildman–Crippen MR) is 56.6 cm³/mol. The first-order valence-electron chi connectivity index (χ1n) is 4.73. The van der Waals surface area contributed by atoms with E-state index in [4.69, 9.17) is 5.11 Å². The van der Waals surface area contributed by atoms with Gasteiger partial charge in [-0.05, 0) is 26.0 Å². The van der Waals surface area contributed by atoms with Gasteiger partial charge in [-0.15, -0.1) is 0 Å². The third-order valence-electron chi connectivity index (χ3n) is 1.95. The van der Waals surface area contributed by atoms with Crippen molar-refractivity contribution in [3.8, 4) is 0 Å². The maximum atomic E-state index is 13.3. The molecule has 15 heavy (non-hydrogen) atoms. The first-order chi connectivity index (χ1) is 7.02. The monoisotopic (exact) mass is 211 g/mol. The van der Waals surface area contributed by atoms with Crippen LogP contribution in [0.15, 0.2) is 18.2 Å². The molecule has 2 N–H and O–H groups in total. The van der Waals surface area contributed by atoms with Crippen LogP contribution in [-0.2, 0) is 0 Å². The van der Waals surface area contributed by atoms with Crippen molar-refractivity contribution in [2.75, 3.05) is 11.9 Å². The van der Waals surface area contributed by atoms with Crippen molar-refractivity contribution in [3.63, 3.8) is 0 Å². The van der Waals surface area contributed by atoms with E-state index in [2.05, 4.69) is 5.32 Å². The second-order valence-electron chi connectivity index (χ2n) is 3.45. The number of aliphatic hydroxyl groups excluding tert-OH is 1. The molecule has 0 spiro atoms. The first kappa shape index (κ1) is 11.7. The molecule has 1 unspecified atom stereocenters. The average molecular weight is 211 g/mol. The number of nitrogens with one attached hydrogen (secondary N) is 1. The molecule has 1 aromatic carbocycles. The van der Waals surface area contributed by atoms with E-state index in [1.165, 1.54) is 19.1 Å². The molecule has 0 aliphatic heterocycles. The van der Waals surface area contributed by atoms with Gasteiger partial charge in [0.25, 0.3) is 0 Å². The average Bonchev–Trinajstić information content (AvgIpc) is 2.13. The molecule has 0 heterocycles. The van der Waals surface area contributed by atoms with Crippen LogP contribution in [0, 0.1) is 5.82 Å². The molecule has 0 fully saturated rings. The molecule has 0 saturated carbocycles. The molecule has 3 nitrogen and oxygen atoms in total. The molecule has 0 aliphatic carbocycles. The van der Waals surface area contributed by atoms with Crippen LogP contribution in [0.4, 0.5) is 10.1 Å². The minimum atomic E-state index is -0.548. The molecule has 0 radical (unpaired) electrons. The number of ketones is 1. The summed E-state index contributed by atoms with van der Waals surface area (Å²) in [6.45, 7) is 3.20. The van der Waals surface area contributed by atoms with Crippen molar-refractivity contribution in [1.82, 2.24) is 0 Å². The van der Waals surface area contributed by atoms with Crippen molar-refractivity contribution in [2.24, 2.45) is 0 Å². The topological polar surface area (TPSA) is 49.3 Å². The fraction of sp³-hybridized carbons (Fsp3) is 0.364. The first-order valence-corrected chi connectivity index (χ1v) is 4.73. The zero-order valence-corrected chi connectivity index (χ0v) is 8.75. The maximum absolute atomic E-state index is 13.3. The Morgan fingerprint density at radius 3 is 2.80 bits per heavy atom. The standard InChI is InChI=1S/C11H14FNO2/c1-7(14)6-13-10-5-3-4-9(12)11(10)8(2)15/h3-5,7,13-14H,6H2,1-2H3. The Balaban J connectivity index is 2.96. The van der Waals surface area contributed by atoms with Crippen molar-refractivity contribution < 1.29 is 14.3 Å². The third-order valence-corrected chi connectivity index (χ3v) is 1.95. The Labute approximate surface area is 87.9 Å². The van der Waals surface area contributed by atoms with Gasteiger partial charge in [-0.3, -0.25) is 4.79 Å². The molecule has 0 aromatic heterocycles. The number of benzene rings is 1. The van der Waals surface area contributed by atoms with Crippen LogP contribution in [-0.4, -0.2) is 23.5 Å². The number of rotatable bonds is 4. The molecule has 0 saturated heterocycles. The molecule has 0 amide bonds. The second-order valence-corrected chi connectivity index (χ2v) is 3.45. The minimum absolute atomic E-state index is 0.0400. The maximum Gasteiger partial charge on any atom is 0.164 e. The van der Waals surface area contributed by atoms with Gasteiger partial charge in [-0.1, -0.05) is 6.07 Å². The number of halogens is 1. The summed E-state index contributed by atoms with van der Waals surface area (Å²) in [5.74, 6) is -0.876. The smallest absolute Gasteiger partial charge is 0.164 e. The Hall–Kier alpha value is -1.42. The number of hydrogen-bond acceptors (Lipinski definition) is 3. The van der Waals surface area contributed by atoms with Gasteiger partial charge in [0.2, 0.25) is 0 Å². The van der Waals surface area contributed by atoms with Crippen LogP contribution < -0.4 is 5.32 Å². The third kappa shape index (κ3) is 3.02. The van der Waals surface area contributed by atoms with Gasteiger partial charge in [0, 0.05) is 12.2 Å². The lowest BCUT2D eigenvalue weighted by Gasteiger charge is -2.12. The highest BCUT2D eigenvalue weighted by Gasteiger charge is 2.12. The molecular weight excluding hydrogens is 197 g/mol. The Bertz CT molecular complexity index is 364. The van der Waals surface area contributed by atoms with E-state index in [9.17, 15) is 9.18 Å². The van der Waals surface area contributed by atoms with Crippen LogP contribution in [0.5, 0.6) is 0 Å². The van der Waals surface area contributed by atoms with Crippen LogP contribution in [0.2, 0.25) is 0 Å². The molecule has 4 heteroatoms. The summed E-state index contributed by atoms with van der Waals surface area (Å²) < 4.78 is 13.3. The van der Waals surface area contributed by atoms with Crippen molar-refractivity contribution in [1.29, 1.82) is 0 Å². The molecule has 0 bridgehead atoms. The quantitative estimate of drug-likeness (QED) is 0.747. The number of Topliss-reactive ketones (excluding diaryl/α,β-unsaturated/α-hetero) is 1. The molecule has 0 aliphatic rings. The van der Waals surface area contributed by atoms with E-state index in [1.54, 1.807) is 13.0 Å². The summed E-state index contributed by atoms with van der Waals surface area (Å²) in [6, 6.07) is 4.37. The van der Waals surface area contributed by atoms with E-state index >= 15 is 0 Å². The predicted octanol–water partition coefficient (Wildman–Crippen LogP) is 1.82. The van der Waals surface area contributed by atoms with Gasteiger partial charge in [0.1, 0.15) is 5.82 Å². The van der Waals surface area contributed by atoms with E-state index < -0.39 is 11.9 Å². The van der Waals surface area contributed by atoms with Gasteiger partial charge in [0.05, 0.1) is 11.7 Å². The molecule has 82 valence electrons. The van der Waals surface area contributed by atoms with Gasteiger partial charge < -0.3 is 10.4 Å². The Morgan fingerprint density at radius 1 is 1.60 bits per heavy atom. The number of aliphatic hydroxyl groups is 1. The Kier molecular flexibility index (Phi) is 3.80. The second kappa shape index (κ2) is 4.89. The molecule has 1 atom stereocenters.